The number of rotatable bonds is 0. The maximum Gasteiger partial charge on any atom is 0.211 e. The van der Waals surface area contributed by atoms with Gasteiger partial charge in [-0.1, -0.05) is 39.0 Å². The molecule has 0 fully saturated rings. The van der Waals surface area contributed by atoms with Crippen LogP contribution in [0, 0.1) is 0 Å². The molecule has 0 amide bonds. The molecule has 0 aliphatic heterocycles. The summed E-state index contributed by atoms with van der Waals surface area (Å²) in [5.74, 6) is 0.0826. The molecule has 0 unspecified atom stereocenters. The zero-order valence-corrected chi connectivity index (χ0v) is 9.28. The Balaban J connectivity index is 2.80. The lowest BCUT2D eigenvalue weighted by molar-refractivity contribution is 0.455. The Hall–Kier alpha value is -1.57. The van der Waals surface area contributed by atoms with Crippen LogP contribution < -0.4 is 0 Å². The second-order valence-corrected chi connectivity index (χ2v) is 4.80. The fraction of sp³-hybridized carbons (Fsp3) is 0.308. The third kappa shape index (κ3) is 1.80. The van der Waals surface area contributed by atoms with Crippen molar-refractivity contribution in [3.63, 3.8) is 0 Å². The predicted molar refractivity (Wildman–Crippen MR) is 62.1 cm³/mol. The number of fused-ring (bicyclic) bond motifs is 1. The fourth-order valence-electron chi connectivity index (χ4n) is 1.74. The van der Waals surface area contributed by atoms with Crippen LogP contribution >= 0.6 is 0 Å². The average Bonchev–Trinajstić information content (AvgIpc) is 2.15. The van der Waals surface area contributed by atoms with E-state index in [1.165, 1.54) is 0 Å². The standard InChI is InChI=1S/C13H15NO/c1-13(2,3)10-6-4-5-9-7-8-11(15)14-12(9)10/h4-8H,1-3H3,(H,14,15). The fourth-order valence-corrected chi connectivity index (χ4v) is 1.74. The third-order valence-electron chi connectivity index (χ3n) is 2.51. The van der Waals surface area contributed by atoms with Crippen LogP contribution in [0.1, 0.15) is 26.3 Å². The largest absolute Gasteiger partial charge is 0.493 e. The molecule has 0 radical (unpaired) electrons. The van der Waals surface area contributed by atoms with E-state index in [-0.39, 0.29) is 11.3 Å². The molecule has 2 nitrogen and oxygen atoms in total. The molecular formula is C13H15NO. The Morgan fingerprint density at radius 2 is 1.80 bits per heavy atom. The van der Waals surface area contributed by atoms with Crippen molar-refractivity contribution >= 4 is 10.9 Å². The van der Waals surface area contributed by atoms with Crippen molar-refractivity contribution in [1.82, 2.24) is 4.98 Å². The average molecular weight is 201 g/mol. The molecule has 0 saturated heterocycles. The second kappa shape index (κ2) is 3.23. The molecule has 0 saturated carbocycles. The first kappa shape index (κ1) is 9.97. The maximum absolute atomic E-state index is 9.41. The number of aromatic nitrogens is 1. The molecule has 0 bridgehead atoms. The maximum atomic E-state index is 9.41. The summed E-state index contributed by atoms with van der Waals surface area (Å²) in [6, 6.07) is 9.62. The van der Waals surface area contributed by atoms with Gasteiger partial charge in [-0.2, -0.15) is 0 Å². The zero-order valence-electron chi connectivity index (χ0n) is 9.28. The highest BCUT2D eigenvalue weighted by molar-refractivity contribution is 5.83. The van der Waals surface area contributed by atoms with Crippen molar-refractivity contribution in [2.75, 3.05) is 0 Å². The van der Waals surface area contributed by atoms with Gasteiger partial charge in [-0.3, -0.25) is 0 Å². The molecule has 2 aromatic rings. The number of benzene rings is 1. The van der Waals surface area contributed by atoms with E-state index in [4.69, 9.17) is 0 Å². The lowest BCUT2D eigenvalue weighted by Gasteiger charge is -2.20. The highest BCUT2D eigenvalue weighted by Gasteiger charge is 2.17. The molecule has 1 heterocycles. The van der Waals surface area contributed by atoms with Gasteiger partial charge in [0.1, 0.15) is 0 Å². The monoisotopic (exact) mass is 201 g/mol. The van der Waals surface area contributed by atoms with Gasteiger partial charge in [0.25, 0.3) is 0 Å². The second-order valence-electron chi connectivity index (χ2n) is 4.80. The van der Waals surface area contributed by atoms with Gasteiger partial charge in [-0.15, -0.1) is 0 Å². The highest BCUT2D eigenvalue weighted by atomic mass is 16.3. The minimum Gasteiger partial charge on any atom is -0.493 e. The van der Waals surface area contributed by atoms with Gasteiger partial charge in [0.05, 0.1) is 5.52 Å². The lowest BCUT2D eigenvalue weighted by atomic mass is 9.85. The summed E-state index contributed by atoms with van der Waals surface area (Å²) in [6.45, 7) is 6.44. The van der Waals surface area contributed by atoms with Gasteiger partial charge in [-0.25, -0.2) is 4.98 Å². The summed E-state index contributed by atoms with van der Waals surface area (Å²) in [6.07, 6.45) is 0. The molecule has 1 aromatic carbocycles. The molecule has 0 aliphatic carbocycles. The van der Waals surface area contributed by atoms with Gasteiger partial charge < -0.3 is 5.11 Å². The molecule has 1 aromatic heterocycles. The number of para-hydroxylation sites is 1. The minimum atomic E-state index is 0.0420. The minimum absolute atomic E-state index is 0.0420. The van der Waals surface area contributed by atoms with E-state index in [2.05, 4.69) is 31.8 Å². The molecule has 0 spiro atoms. The van der Waals surface area contributed by atoms with Gasteiger partial charge in [0.2, 0.25) is 5.88 Å². The van der Waals surface area contributed by atoms with Gasteiger partial charge >= 0.3 is 0 Å². The Labute approximate surface area is 89.6 Å². The number of aromatic hydroxyl groups is 1. The van der Waals surface area contributed by atoms with Crippen LogP contribution in [0.4, 0.5) is 0 Å². The zero-order chi connectivity index (χ0) is 11.1. The highest BCUT2D eigenvalue weighted by Crippen LogP contribution is 2.29. The van der Waals surface area contributed by atoms with Crippen LogP contribution in [0.25, 0.3) is 10.9 Å². The van der Waals surface area contributed by atoms with E-state index in [0.29, 0.717) is 0 Å². The van der Waals surface area contributed by atoms with Crippen molar-refractivity contribution in [3.8, 4) is 5.88 Å². The van der Waals surface area contributed by atoms with Crippen LogP contribution in [0.15, 0.2) is 30.3 Å². The van der Waals surface area contributed by atoms with Crippen LogP contribution in [-0.4, -0.2) is 10.1 Å². The lowest BCUT2D eigenvalue weighted by Crippen LogP contribution is -2.12. The SMILES string of the molecule is CC(C)(C)c1cccc2ccc(O)nc12. The van der Waals surface area contributed by atoms with Crippen molar-refractivity contribution < 1.29 is 5.11 Å². The summed E-state index contributed by atoms with van der Waals surface area (Å²) >= 11 is 0. The number of hydrogen-bond donors (Lipinski definition) is 1. The number of pyridine rings is 1. The van der Waals surface area contributed by atoms with Crippen molar-refractivity contribution in [3.05, 3.63) is 35.9 Å². The third-order valence-corrected chi connectivity index (χ3v) is 2.51. The van der Waals surface area contributed by atoms with Crippen molar-refractivity contribution in [2.24, 2.45) is 0 Å². The summed E-state index contributed by atoms with van der Waals surface area (Å²) in [5.41, 5.74) is 2.10. The molecule has 2 rings (SSSR count). The Bertz CT molecular complexity index is 497. The van der Waals surface area contributed by atoms with Crippen LogP contribution in [0.2, 0.25) is 0 Å². The number of nitrogens with zero attached hydrogens (tertiary/aromatic N) is 1. The smallest absolute Gasteiger partial charge is 0.211 e. The Morgan fingerprint density at radius 1 is 1.07 bits per heavy atom. The van der Waals surface area contributed by atoms with E-state index in [1.54, 1.807) is 6.07 Å². The van der Waals surface area contributed by atoms with Crippen LogP contribution in [0.5, 0.6) is 5.88 Å². The number of hydrogen-bond acceptors (Lipinski definition) is 2. The van der Waals surface area contributed by atoms with Crippen LogP contribution in [0.3, 0.4) is 0 Å². The molecule has 0 aliphatic rings. The van der Waals surface area contributed by atoms with E-state index < -0.39 is 0 Å². The molecule has 15 heavy (non-hydrogen) atoms. The van der Waals surface area contributed by atoms with Crippen LogP contribution in [-0.2, 0) is 5.41 Å². The van der Waals surface area contributed by atoms with Gasteiger partial charge in [0.15, 0.2) is 0 Å². The first-order valence-electron chi connectivity index (χ1n) is 5.08. The molecule has 78 valence electrons. The topological polar surface area (TPSA) is 33.1 Å². The summed E-state index contributed by atoms with van der Waals surface area (Å²) in [7, 11) is 0. The molecule has 2 heteroatoms. The summed E-state index contributed by atoms with van der Waals surface area (Å²) < 4.78 is 0. The Morgan fingerprint density at radius 3 is 2.47 bits per heavy atom. The van der Waals surface area contributed by atoms with Crippen molar-refractivity contribution in [1.29, 1.82) is 0 Å². The quantitative estimate of drug-likeness (QED) is 0.709. The Kier molecular flexibility index (Phi) is 2.14. The summed E-state index contributed by atoms with van der Waals surface area (Å²) in [4.78, 5) is 4.20. The molecule has 0 atom stereocenters. The summed E-state index contributed by atoms with van der Waals surface area (Å²) in [5, 5.41) is 10.5. The first-order valence-corrected chi connectivity index (χ1v) is 5.08. The first-order chi connectivity index (χ1) is 6.98. The van der Waals surface area contributed by atoms with Gasteiger partial charge in [-0.05, 0) is 17.0 Å². The molecule has 1 N–H and O–H groups in total. The van der Waals surface area contributed by atoms with E-state index in [9.17, 15) is 5.11 Å². The molecular weight excluding hydrogens is 186 g/mol. The van der Waals surface area contributed by atoms with E-state index >= 15 is 0 Å². The van der Waals surface area contributed by atoms with Crippen molar-refractivity contribution in [2.45, 2.75) is 26.2 Å². The normalized spacial score (nSPS) is 11.9. The van der Waals surface area contributed by atoms with E-state index in [1.807, 2.05) is 18.2 Å². The van der Waals surface area contributed by atoms with E-state index in [0.717, 1.165) is 16.5 Å². The predicted octanol–water partition coefficient (Wildman–Crippen LogP) is 3.24. The van der Waals surface area contributed by atoms with Gasteiger partial charge in [0, 0.05) is 11.5 Å².